The van der Waals surface area contributed by atoms with Gasteiger partial charge in [-0.15, -0.1) is 5.10 Å². The Kier molecular flexibility index (Phi) is 4.64. The minimum atomic E-state index is -0.606. The van der Waals surface area contributed by atoms with Crippen LogP contribution >= 0.6 is 0 Å². The summed E-state index contributed by atoms with van der Waals surface area (Å²) >= 11 is 0. The number of hydrogen-bond donors (Lipinski definition) is 0. The molecule has 1 aromatic heterocycles. The molecular formula is C16H18F2N4O. The van der Waals surface area contributed by atoms with Gasteiger partial charge in [0.15, 0.2) is 0 Å². The third kappa shape index (κ3) is 3.72. The maximum absolute atomic E-state index is 13.6. The van der Waals surface area contributed by atoms with Crippen LogP contribution in [0, 0.1) is 11.6 Å². The first-order valence-electron chi connectivity index (χ1n) is 7.71. The van der Waals surface area contributed by atoms with Gasteiger partial charge in [0.05, 0.1) is 18.8 Å². The maximum atomic E-state index is 13.6. The summed E-state index contributed by atoms with van der Waals surface area (Å²) in [6, 6.07) is 3.56. The number of benzene rings is 1. The van der Waals surface area contributed by atoms with Crippen LogP contribution in [0.25, 0.3) is 0 Å². The van der Waals surface area contributed by atoms with Crippen molar-refractivity contribution in [3.8, 4) is 0 Å². The molecule has 23 heavy (non-hydrogen) atoms. The van der Waals surface area contributed by atoms with Crippen LogP contribution in [0.15, 0.2) is 30.6 Å². The molecule has 0 radical (unpaired) electrons. The molecule has 122 valence electrons. The lowest BCUT2D eigenvalue weighted by atomic mass is 10.1. The molecule has 7 heteroatoms. The summed E-state index contributed by atoms with van der Waals surface area (Å²) in [5.74, 6) is -1.21. The van der Waals surface area contributed by atoms with Crippen molar-refractivity contribution in [3.05, 3.63) is 47.8 Å². The van der Waals surface area contributed by atoms with Crippen molar-refractivity contribution in [2.75, 3.05) is 6.54 Å². The summed E-state index contributed by atoms with van der Waals surface area (Å²) in [7, 11) is 0. The minimum Gasteiger partial charge on any atom is -0.338 e. The van der Waals surface area contributed by atoms with Crippen LogP contribution in [0.4, 0.5) is 8.78 Å². The summed E-state index contributed by atoms with van der Waals surface area (Å²) in [6.45, 7) is 1.33. The molecule has 0 bridgehead atoms. The van der Waals surface area contributed by atoms with Crippen molar-refractivity contribution in [3.63, 3.8) is 0 Å². The van der Waals surface area contributed by atoms with Crippen molar-refractivity contribution in [1.82, 2.24) is 19.9 Å². The first-order valence-corrected chi connectivity index (χ1v) is 7.71. The normalized spacial score (nSPS) is 17.7. The van der Waals surface area contributed by atoms with Crippen LogP contribution in [-0.2, 0) is 17.8 Å². The topological polar surface area (TPSA) is 51.0 Å². The minimum absolute atomic E-state index is 0.00339. The lowest BCUT2D eigenvalue weighted by Gasteiger charge is -2.24. The number of rotatable bonds is 5. The van der Waals surface area contributed by atoms with E-state index in [1.807, 2.05) is 4.90 Å². The van der Waals surface area contributed by atoms with Gasteiger partial charge in [0.2, 0.25) is 5.91 Å². The Labute approximate surface area is 132 Å². The summed E-state index contributed by atoms with van der Waals surface area (Å²) in [5.41, 5.74) is 0.367. The van der Waals surface area contributed by atoms with Gasteiger partial charge < -0.3 is 4.90 Å². The Morgan fingerprint density at radius 3 is 2.96 bits per heavy atom. The Morgan fingerprint density at radius 2 is 2.22 bits per heavy atom. The number of likely N-dealkylation sites (tertiary alicyclic amines) is 1. The maximum Gasteiger partial charge on any atom is 0.223 e. The number of hydrogen-bond acceptors (Lipinski definition) is 3. The quantitative estimate of drug-likeness (QED) is 0.848. The first kappa shape index (κ1) is 15.6. The SMILES string of the molecule is O=C(CCc1ccc(F)cc1F)N1CCC[C@H]1Cn1ccnn1. The Hall–Kier alpha value is -2.31. The second kappa shape index (κ2) is 6.85. The van der Waals surface area contributed by atoms with E-state index in [0.29, 0.717) is 18.7 Å². The predicted molar refractivity (Wildman–Crippen MR) is 79.4 cm³/mol. The molecule has 1 fully saturated rings. The average Bonchev–Trinajstić information content (AvgIpc) is 3.18. The standard InChI is InChI=1S/C16H18F2N4O/c17-13-5-3-12(15(18)10-13)4-6-16(23)22-8-1-2-14(22)11-21-9-7-19-20-21/h3,5,7,9-10,14H,1-2,4,6,8,11H2/t14-/m0/s1. The van der Waals surface area contributed by atoms with Gasteiger partial charge in [0.25, 0.3) is 0 Å². The first-order chi connectivity index (χ1) is 11.1. The number of aryl methyl sites for hydroxylation is 1. The third-order valence-electron chi connectivity index (χ3n) is 4.19. The third-order valence-corrected chi connectivity index (χ3v) is 4.19. The zero-order chi connectivity index (χ0) is 16.2. The highest BCUT2D eigenvalue weighted by molar-refractivity contribution is 5.77. The second-order valence-corrected chi connectivity index (χ2v) is 5.74. The molecule has 2 aromatic rings. The largest absolute Gasteiger partial charge is 0.338 e. The highest BCUT2D eigenvalue weighted by atomic mass is 19.1. The number of carbonyl (C=O) groups is 1. The zero-order valence-electron chi connectivity index (χ0n) is 12.7. The molecule has 1 amide bonds. The average molecular weight is 320 g/mol. The highest BCUT2D eigenvalue weighted by Gasteiger charge is 2.28. The van der Waals surface area contributed by atoms with Crippen LogP contribution in [0.5, 0.6) is 0 Å². The summed E-state index contributed by atoms with van der Waals surface area (Å²) in [6.07, 6.45) is 5.76. The Bertz CT molecular complexity index is 675. The monoisotopic (exact) mass is 320 g/mol. The van der Waals surface area contributed by atoms with E-state index < -0.39 is 11.6 Å². The molecule has 1 aliphatic heterocycles. The van der Waals surface area contributed by atoms with E-state index in [1.54, 1.807) is 17.1 Å². The van der Waals surface area contributed by atoms with Crippen LogP contribution < -0.4 is 0 Å². The van der Waals surface area contributed by atoms with Gasteiger partial charge in [-0.1, -0.05) is 11.3 Å². The van der Waals surface area contributed by atoms with Gasteiger partial charge in [-0.2, -0.15) is 0 Å². The van der Waals surface area contributed by atoms with Crippen molar-refractivity contribution in [1.29, 1.82) is 0 Å². The molecule has 0 aliphatic carbocycles. The summed E-state index contributed by atoms with van der Waals surface area (Å²) in [4.78, 5) is 14.3. The molecular weight excluding hydrogens is 302 g/mol. The molecule has 0 N–H and O–H groups in total. The van der Waals surface area contributed by atoms with Gasteiger partial charge in [-0.25, -0.2) is 8.78 Å². The van der Waals surface area contributed by atoms with Crippen LogP contribution in [0.3, 0.4) is 0 Å². The fourth-order valence-corrected chi connectivity index (χ4v) is 3.01. The lowest BCUT2D eigenvalue weighted by molar-refractivity contribution is -0.132. The molecule has 5 nitrogen and oxygen atoms in total. The molecule has 2 heterocycles. The van der Waals surface area contributed by atoms with Crippen LogP contribution in [0.2, 0.25) is 0 Å². The molecule has 0 spiro atoms. The smallest absolute Gasteiger partial charge is 0.223 e. The van der Waals surface area contributed by atoms with E-state index in [1.165, 1.54) is 12.1 Å². The van der Waals surface area contributed by atoms with E-state index in [0.717, 1.165) is 18.9 Å². The molecule has 1 atom stereocenters. The van der Waals surface area contributed by atoms with E-state index in [4.69, 9.17) is 0 Å². The molecule has 0 unspecified atom stereocenters. The lowest BCUT2D eigenvalue weighted by Crippen LogP contribution is -2.38. The molecule has 1 saturated heterocycles. The van der Waals surface area contributed by atoms with E-state index in [2.05, 4.69) is 10.3 Å². The van der Waals surface area contributed by atoms with E-state index >= 15 is 0 Å². The number of halogens is 2. The fourth-order valence-electron chi connectivity index (χ4n) is 3.01. The molecule has 1 aromatic carbocycles. The van der Waals surface area contributed by atoms with Gasteiger partial charge in [-0.05, 0) is 30.9 Å². The van der Waals surface area contributed by atoms with Crippen LogP contribution in [0.1, 0.15) is 24.8 Å². The van der Waals surface area contributed by atoms with Gasteiger partial charge in [0.1, 0.15) is 11.6 Å². The predicted octanol–water partition coefficient (Wildman–Crippen LogP) is 2.18. The summed E-state index contributed by atoms with van der Waals surface area (Å²) in [5, 5.41) is 7.69. The number of carbonyl (C=O) groups excluding carboxylic acids is 1. The van der Waals surface area contributed by atoms with Crippen molar-refractivity contribution >= 4 is 5.91 Å². The zero-order valence-corrected chi connectivity index (χ0v) is 12.7. The molecule has 3 rings (SSSR count). The number of aromatic nitrogens is 3. The van der Waals surface area contributed by atoms with Gasteiger partial charge >= 0.3 is 0 Å². The van der Waals surface area contributed by atoms with Crippen molar-refractivity contribution < 1.29 is 13.6 Å². The number of amides is 1. The Morgan fingerprint density at radius 1 is 1.35 bits per heavy atom. The van der Waals surface area contributed by atoms with Crippen LogP contribution in [-0.4, -0.2) is 38.4 Å². The molecule has 0 saturated carbocycles. The van der Waals surface area contributed by atoms with Crippen molar-refractivity contribution in [2.45, 2.75) is 38.3 Å². The highest BCUT2D eigenvalue weighted by Crippen LogP contribution is 2.21. The van der Waals surface area contributed by atoms with Gasteiger partial charge in [-0.3, -0.25) is 9.48 Å². The second-order valence-electron chi connectivity index (χ2n) is 5.74. The van der Waals surface area contributed by atoms with E-state index in [9.17, 15) is 13.6 Å². The molecule has 1 aliphatic rings. The van der Waals surface area contributed by atoms with Crippen molar-refractivity contribution in [2.24, 2.45) is 0 Å². The Balaban J connectivity index is 1.58. The summed E-state index contributed by atoms with van der Waals surface area (Å²) < 4.78 is 28.2. The number of nitrogens with zero attached hydrogens (tertiary/aromatic N) is 4. The van der Waals surface area contributed by atoms with E-state index in [-0.39, 0.29) is 24.8 Å². The fraction of sp³-hybridized carbons (Fsp3) is 0.438. The van der Waals surface area contributed by atoms with Gasteiger partial charge in [0, 0.05) is 25.2 Å².